The summed E-state index contributed by atoms with van der Waals surface area (Å²) in [6, 6.07) is 12.9. The molecule has 150 valence electrons. The lowest BCUT2D eigenvalue weighted by atomic mass is 10.1. The molecule has 0 saturated carbocycles. The highest BCUT2D eigenvalue weighted by Crippen LogP contribution is 2.28. The lowest BCUT2D eigenvalue weighted by Crippen LogP contribution is -2.27. The molecule has 1 N–H and O–H groups in total. The molecule has 0 spiro atoms. The lowest BCUT2D eigenvalue weighted by Gasteiger charge is -2.14. The van der Waals surface area contributed by atoms with Gasteiger partial charge in [-0.2, -0.15) is 0 Å². The third-order valence-electron chi connectivity index (χ3n) is 4.42. The van der Waals surface area contributed by atoms with Gasteiger partial charge in [0.25, 0.3) is 0 Å². The number of aromatic amines is 1. The Balaban J connectivity index is 1.61. The van der Waals surface area contributed by atoms with Crippen LogP contribution in [0, 0.1) is 0 Å². The summed E-state index contributed by atoms with van der Waals surface area (Å²) >= 11 is 0. The van der Waals surface area contributed by atoms with E-state index in [0.717, 1.165) is 16.5 Å². The van der Waals surface area contributed by atoms with Crippen LogP contribution in [0.3, 0.4) is 0 Å². The molecular formula is C23H23NO5. The highest BCUT2D eigenvalue weighted by atomic mass is 16.6. The number of nitrogens with one attached hydrogen (secondary N) is 1. The number of methoxy groups -OCH3 is 1. The first-order valence-electron chi connectivity index (χ1n) is 9.26. The van der Waals surface area contributed by atoms with Crippen molar-refractivity contribution >= 4 is 28.7 Å². The van der Waals surface area contributed by atoms with E-state index in [1.807, 2.05) is 55.5 Å². The van der Waals surface area contributed by atoms with Crippen LogP contribution in [0.15, 0.2) is 54.7 Å². The molecule has 2 aromatic carbocycles. The second-order valence-corrected chi connectivity index (χ2v) is 6.44. The van der Waals surface area contributed by atoms with E-state index in [4.69, 9.17) is 14.2 Å². The monoisotopic (exact) mass is 393 g/mol. The van der Waals surface area contributed by atoms with Crippen molar-refractivity contribution in [1.29, 1.82) is 0 Å². The number of carbonyl (C=O) groups excluding carboxylic acids is 2. The van der Waals surface area contributed by atoms with Crippen LogP contribution in [-0.4, -0.2) is 36.6 Å². The Morgan fingerprint density at radius 3 is 2.69 bits per heavy atom. The number of para-hydroxylation sites is 1. The first-order valence-corrected chi connectivity index (χ1v) is 9.26. The van der Waals surface area contributed by atoms with Gasteiger partial charge in [0.15, 0.2) is 24.2 Å². The molecule has 0 aliphatic carbocycles. The molecule has 1 heterocycles. The number of aromatic nitrogens is 1. The summed E-state index contributed by atoms with van der Waals surface area (Å²) < 4.78 is 16.1. The van der Waals surface area contributed by atoms with Gasteiger partial charge >= 0.3 is 5.97 Å². The number of hydrogen-bond acceptors (Lipinski definition) is 5. The number of ether oxygens (including phenoxy) is 3. The third kappa shape index (κ3) is 4.66. The predicted octanol–water partition coefficient (Wildman–Crippen LogP) is 4.40. The second-order valence-electron chi connectivity index (χ2n) is 6.44. The van der Waals surface area contributed by atoms with Crippen LogP contribution in [0.2, 0.25) is 0 Å². The van der Waals surface area contributed by atoms with Gasteiger partial charge in [0.05, 0.1) is 7.11 Å². The van der Waals surface area contributed by atoms with Crippen molar-refractivity contribution in [1.82, 2.24) is 4.98 Å². The Labute approximate surface area is 169 Å². The van der Waals surface area contributed by atoms with E-state index in [1.54, 1.807) is 19.2 Å². The summed E-state index contributed by atoms with van der Waals surface area (Å²) in [6.45, 7) is 3.14. The molecule has 0 radical (unpaired) electrons. The number of rotatable bonds is 8. The molecule has 0 aliphatic rings. The van der Waals surface area contributed by atoms with Crippen molar-refractivity contribution in [2.24, 2.45) is 0 Å². The van der Waals surface area contributed by atoms with Gasteiger partial charge in [-0.05, 0) is 37.6 Å². The Morgan fingerprint density at radius 1 is 1.14 bits per heavy atom. The van der Waals surface area contributed by atoms with Crippen LogP contribution in [-0.2, 0) is 9.53 Å². The fraction of sp³-hybridized carbons (Fsp3) is 0.217. The molecule has 3 rings (SSSR count). The standard InChI is InChI=1S/C23H23NO5/c1-4-7-16-10-11-20(21(12-16)27-3)28-14-22(25)29-15(2)23(26)18-13-24-19-9-6-5-8-17(18)19/h4-13,15,24H,14H2,1-3H3/b7-4+/t15-/m1/s1. The zero-order valence-corrected chi connectivity index (χ0v) is 16.6. The summed E-state index contributed by atoms with van der Waals surface area (Å²) in [6.07, 6.45) is 4.55. The van der Waals surface area contributed by atoms with Crippen LogP contribution < -0.4 is 9.47 Å². The maximum Gasteiger partial charge on any atom is 0.344 e. The van der Waals surface area contributed by atoms with Crippen molar-refractivity contribution < 1.29 is 23.8 Å². The third-order valence-corrected chi connectivity index (χ3v) is 4.42. The van der Waals surface area contributed by atoms with Crippen molar-refractivity contribution in [3.63, 3.8) is 0 Å². The zero-order valence-electron chi connectivity index (χ0n) is 16.6. The molecule has 1 atom stereocenters. The average Bonchev–Trinajstić information content (AvgIpc) is 3.16. The van der Waals surface area contributed by atoms with Gasteiger partial charge in [0, 0.05) is 22.7 Å². The summed E-state index contributed by atoms with van der Waals surface area (Å²) in [7, 11) is 1.53. The molecule has 6 heteroatoms. The van der Waals surface area contributed by atoms with Gasteiger partial charge < -0.3 is 19.2 Å². The highest BCUT2D eigenvalue weighted by Gasteiger charge is 2.22. The summed E-state index contributed by atoms with van der Waals surface area (Å²) in [5, 5.41) is 0.794. The van der Waals surface area contributed by atoms with Crippen molar-refractivity contribution in [3.05, 3.63) is 65.9 Å². The molecule has 0 saturated heterocycles. The van der Waals surface area contributed by atoms with Crippen LogP contribution in [0.25, 0.3) is 17.0 Å². The van der Waals surface area contributed by atoms with Gasteiger partial charge in [-0.15, -0.1) is 0 Å². The number of ketones is 1. The fourth-order valence-electron chi connectivity index (χ4n) is 3.02. The minimum Gasteiger partial charge on any atom is -0.493 e. The molecule has 0 unspecified atom stereocenters. The molecule has 29 heavy (non-hydrogen) atoms. The maximum absolute atomic E-state index is 12.7. The molecule has 0 bridgehead atoms. The van der Waals surface area contributed by atoms with Crippen LogP contribution in [0.5, 0.6) is 11.5 Å². The van der Waals surface area contributed by atoms with Crippen molar-refractivity contribution in [2.75, 3.05) is 13.7 Å². The second kappa shape index (κ2) is 9.10. The first-order chi connectivity index (χ1) is 14.0. The molecular weight excluding hydrogens is 370 g/mol. The van der Waals surface area contributed by atoms with E-state index >= 15 is 0 Å². The number of esters is 1. The van der Waals surface area contributed by atoms with E-state index in [1.165, 1.54) is 7.11 Å². The smallest absolute Gasteiger partial charge is 0.344 e. The summed E-state index contributed by atoms with van der Waals surface area (Å²) in [5.41, 5.74) is 2.30. The number of hydrogen-bond donors (Lipinski definition) is 1. The van der Waals surface area contributed by atoms with Crippen molar-refractivity contribution in [2.45, 2.75) is 20.0 Å². The molecule has 1 aromatic heterocycles. The van der Waals surface area contributed by atoms with Gasteiger partial charge in [-0.3, -0.25) is 4.79 Å². The number of H-pyrrole nitrogens is 1. The van der Waals surface area contributed by atoms with Gasteiger partial charge in [0.1, 0.15) is 0 Å². The first kappa shape index (κ1) is 20.2. The highest BCUT2D eigenvalue weighted by molar-refractivity contribution is 6.10. The predicted molar refractivity (Wildman–Crippen MR) is 111 cm³/mol. The quantitative estimate of drug-likeness (QED) is 0.453. The minimum atomic E-state index is -0.927. The van der Waals surface area contributed by atoms with Crippen molar-refractivity contribution in [3.8, 4) is 11.5 Å². The Bertz CT molecular complexity index is 1050. The SMILES string of the molecule is C/C=C/c1ccc(OCC(=O)O[C@H](C)C(=O)c2c[nH]c3ccccc23)c(OC)c1. The summed E-state index contributed by atoms with van der Waals surface area (Å²) in [4.78, 5) is 27.9. The molecule has 6 nitrogen and oxygen atoms in total. The van der Waals surface area contributed by atoms with E-state index < -0.39 is 12.1 Å². The molecule has 0 amide bonds. The van der Waals surface area contributed by atoms with E-state index in [2.05, 4.69) is 4.98 Å². The topological polar surface area (TPSA) is 77.6 Å². The number of benzene rings is 2. The van der Waals surface area contributed by atoms with Gasteiger partial charge in [0.2, 0.25) is 5.78 Å². The minimum absolute atomic E-state index is 0.274. The maximum atomic E-state index is 12.7. The van der Waals surface area contributed by atoms with E-state index in [0.29, 0.717) is 17.1 Å². The largest absolute Gasteiger partial charge is 0.493 e. The van der Waals surface area contributed by atoms with Gasteiger partial charge in [-0.1, -0.05) is 36.4 Å². The zero-order chi connectivity index (χ0) is 20.8. The Kier molecular flexibility index (Phi) is 6.34. The van der Waals surface area contributed by atoms with E-state index in [-0.39, 0.29) is 12.4 Å². The molecule has 3 aromatic rings. The number of carbonyl (C=O) groups is 2. The van der Waals surface area contributed by atoms with Gasteiger partial charge in [-0.25, -0.2) is 4.79 Å². The average molecular weight is 393 g/mol. The fourth-order valence-corrected chi connectivity index (χ4v) is 3.02. The van der Waals surface area contributed by atoms with Crippen LogP contribution in [0.4, 0.5) is 0 Å². The number of fused-ring (bicyclic) bond motifs is 1. The van der Waals surface area contributed by atoms with Crippen LogP contribution >= 0.6 is 0 Å². The normalized spacial score (nSPS) is 12.1. The molecule has 0 fully saturated rings. The summed E-state index contributed by atoms with van der Waals surface area (Å²) in [5.74, 6) is 0.0268. The molecule has 0 aliphatic heterocycles. The number of Topliss-reactive ketones (excluding diaryl/α,β-unsaturated/α-hetero) is 1. The lowest BCUT2D eigenvalue weighted by molar-refractivity contribution is -0.148. The van der Waals surface area contributed by atoms with E-state index in [9.17, 15) is 9.59 Å². The Hall–Kier alpha value is -3.54. The Morgan fingerprint density at radius 2 is 1.93 bits per heavy atom. The number of allylic oxidation sites excluding steroid dienone is 1. The van der Waals surface area contributed by atoms with Crippen LogP contribution in [0.1, 0.15) is 29.8 Å².